The molecule has 0 unspecified atom stereocenters. The van der Waals surface area contributed by atoms with Gasteiger partial charge in [0.25, 0.3) is 0 Å². The highest BCUT2D eigenvalue weighted by atomic mass is 32.1. The molecule has 0 fully saturated rings. The Morgan fingerprint density at radius 2 is 2.16 bits per heavy atom. The van der Waals surface area contributed by atoms with Crippen LogP contribution < -0.4 is 5.73 Å². The average Bonchev–Trinajstić information content (AvgIpc) is 3.07. The van der Waals surface area contributed by atoms with Crippen LogP contribution in [0.2, 0.25) is 0 Å². The molecule has 0 bridgehead atoms. The van der Waals surface area contributed by atoms with Gasteiger partial charge < -0.3 is 5.73 Å². The standard InChI is InChI=1S/C13H13N5S/c1-9-4-2-3-5-10(9)12-11(8-14)16-17-18(12)13-15-6-7-19-13/h2-7H,8,14H2,1H3. The molecule has 0 saturated heterocycles. The van der Waals surface area contributed by atoms with Gasteiger partial charge in [-0.2, -0.15) is 4.68 Å². The average molecular weight is 271 g/mol. The first-order valence-electron chi connectivity index (χ1n) is 5.91. The smallest absolute Gasteiger partial charge is 0.212 e. The predicted octanol–water partition coefficient (Wildman–Crippen LogP) is 2.16. The van der Waals surface area contributed by atoms with Crippen LogP contribution in [0.3, 0.4) is 0 Å². The van der Waals surface area contributed by atoms with E-state index in [-0.39, 0.29) is 0 Å². The highest BCUT2D eigenvalue weighted by molar-refractivity contribution is 7.12. The van der Waals surface area contributed by atoms with Gasteiger partial charge in [0.1, 0.15) is 11.4 Å². The zero-order valence-corrected chi connectivity index (χ0v) is 11.3. The van der Waals surface area contributed by atoms with Gasteiger partial charge in [-0.05, 0) is 12.5 Å². The summed E-state index contributed by atoms with van der Waals surface area (Å²) in [5.41, 5.74) is 9.73. The molecule has 2 aromatic heterocycles. The summed E-state index contributed by atoms with van der Waals surface area (Å²) in [6.45, 7) is 2.42. The molecule has 6 heteroatoms. The molecule has 0 spiro atoms. The lowest BCUT2D eigenvalue weighted by molar-refractivity contribution is 0.794. The van der Waals surface area contributed by atoms with E-state index in [0.717, 1.165) is 27.6 Å². The van der Waals surface area contributed by atoms with E-state index in [9.17, 15) is 0 Å². The lowest BCUT2D eigenvalue weighted by Crippen LogP contribution is -2.03. The highest BCUT2D eigenvalue weighted by Gasteiger charge is 2.17. The van der Waals surface area contributed by atoms with Crippen LogP contribution in [0.4, 0.5) is 0 Å². The second-order valence-corrected chi connectivity index (χ2v) is 5.00. The molecule has 0 aliphatic heterocycles. The molecule has 5 nitrogen and oxygen atoms in total. The van der Waals surface area contributed by atoms with Gasteiger partial charge in [0.2, 0.25) is 5.13 Å². The first-order valence-corrected chi connectivity index (χ1v) is 6.79. The van der Waals surface area contributed by atoms with Crippen LogP contribution in [0.15, 0.2) is 35.8 Å². The van der Waals surface area contributed by atoms with Crippen molar-refractivity contribution in [2.45, 2.75) is 13.5 Å². The summed E-state index contributed by atoms with van der Waals surface area (Å²) in [5, 5.41) is 11.1. The van der Waals surface area contributed by atoms with E-state index in [1.807, 2.05) is 17.5 Å². The van der Waals surface area contributed by atoms with Crippen molar-refractivity contribution in [3.63, 3.8) is 0 Å². The van der Waals surface area contributed by atoms with Gasteiger partial charge in [-0.25, -0.2) is 4.98 Å². The Morgan fingerprint density at radius 1 is 1.32 bits per heavy atom. The summed E-state index contributed by atoms with van der Waals surface area (Å²) in [5.74, 6) is 0. The third-order valence-corrected chi connectivity index (χ3v) is 3.68. The summed E-state index contributed by atoms with van der Waals surface area (Å²) in [7, 11) is 0. The van der Waals surface area contributed by atoms with Crippen LogP contribution in [-0.2, 0) is 6.54 Å². The van der Waals surface area contributed by atoms with E-state index < -0.39 is 0 Å². The number of thiazole rings is 1. The Balaban J connectivity index is 2.25. The number of nitrogens with zero attached hydrogens (tertiary/aromatic N) is 4. The van der Waals surface area contributed by atoms with Gasteiger partial charge >= 0.3 is 0 Å². The van der Waals surface area contributed by atoms with Crippen LogP contribution in [0, 0.1) is 6.92 Å². The van der Waals surface area contributed by atoms with E-state index in [2.05, 4.69) is 34.4 Å². The first-order chi connectivity index (χ1) is 9.31. The third-order valence-electron chi connectivity index (χ3n) is 2.93. The fraction of sp³-hybridized carbons (Fsp3) is 0.154. The molecule has 2 N–H and O–H groups in total. The van der Waals surface area contributed by atoms with E-state index in [1.165, 1.54) is 11.3 Å². The van der Waals surface area contributed by atoms with Crippen LogP contribution in [0.25, 0.3) is 16.4 Å². The van der Waals surface area contributed by atoms with Gasteiger partial charge in [0.15, 0.2) is 0 Å². The summed E-state index contributed by atoms with van der Waals surface area (Å²) in [6, 6.07) is 8.13. The minimum Gasteiger partial charge on any atom is -0.325 e. The molecule has 0 aliphatic carbocycles. The molecular weight excluding hydrogens is 258 g/mol. The number of hydrogen-bond acceptors (Lipinski definition) is 5. The zero-order chi connectivity index (χ0) is 13.2. The molecule has 2 heterocycles. The molecular formula is C13H13N5S. The first kappa shape index (κ1) is 12.0. The molecule has 0 amide bonds. The Hall–Kier alpha value is -2.05. The van der Waals surface area contributed by atoms with Crippen molar-refractivity contribution in [2.75, 3.05) is 0 Å². The number of nitrogens with two attached hydrogens (primary N) is 1. The molecule has 0 saturated carbocycles. The van der Waals surface area contributed by atoms with E-state index in [0.29, 0.717) is 6.54 Å². The van der Waals surface area contributed by atoms with Crippen molar-refractivity contribution in [1.82, 2.24) is 20.0 Å². The molecule has 0 radical (unpaired) electrons. The van der Waals surface area contributed by atoms with Crippen molar-refractivity contribution in [1.29, 1.82) is 0 Å². The maximum atomic E-state index is 5.77. The Morgan fingerprint density at radius 3 is 2.84 bits per heavy atom. The Kier molecular flexibility index (Phi) is 3.10. The van der Waals surface area contributed by atoms with Crippen molar-refractivity contribution in [3.8, 4) is 16.4 Å². The number of aryl methyl sites for hydroxylation is 1. The fourth-order valence-corrected chi connectivity index (χ4v) is 2.61. The summed E-state index contributed by atoms with van der Waals surface area (Å²) in [6.07, 6.45) is 1.76. The largest absolute Gasteiger partial charge is 0.325 e. The zero-order valence-electron chi connectivity index (χ0n) is 10.4. The normalized spacial score (nSPS) is 10.8. The van der Waals surface area contributed by atoms with Crippen LogP contribution in [-0.4, -0.2) is 20.0 Å². The van der Waals surface area contributed by atoms with Crippen LogP contribution in [0.1, 0.15) is 11.3 Å². The molecule has 3 rings (SSSR count). The summed E-state index contributed by atoms with van der Waals surface area (Å²) < 4.78 is 1.76. The van der Waals surface area contributed by atoms with Gasteiger partial charge in [0, 0.05) is 23.7 Å². The Labute approximate surface area is 114 Å². The summed E-state index contributed by atoms with van der Waals surface area (Å²) in [4.78, 5) is 4.29. The topological polar surface area (TPSA) is 69.6 Å². The molecule has 0 aliphatic rings. The quantitative estimate of drug-likeness (QED) is 0.792. The van der Waals surface area contributed by atoms with Gasteiger partial charge in [-0.3, -0.25) is 0 Å². The fourth-order valence-electron chi connectivity index (χ4n) is 2.01. The van der Waals surface area contributed by atoms with Gasteiger partial charge in [0.05, 0.1) is 0 Å². The number of hydrogen-bond donors (Lipinski definition) is 1. The van der Waals surface area contributed by atoms with Gasteiger partial charge in [-0.15, -0.1) is 16.4 Å². The van der Waals surface area contributed by atoms with E-state index in [1.54, 1.807) is 10.9 Å². The Bertz CT molecular complexity index is 687. The van der Waals surface area contributed by atoms with Crippen molar-refractivity contribution < 1.29 is 0 Å². The molecule has 19 heavy (non-hydrogen) atoms. The number of benzene rings is 1. The van der Waals surface area contributed by atoms with Crippen molar-refractivity contribution in [2.24, 2.45) is 5.73 Å². The van der Waals surface area contributed by atoms with E-state index in [4.69, 9.17) is 5.73 Å². The minimum absolute atomic E-state index is 0.356. The maximum absolute atomic E-state index is 5.77. The number of rotatable bonds is 3. The highest BCUT2D eigenvalue weighted by Crippen LogP contribution is 2.28. The lowest BCUT2D eigenvalue weighted by atomic mass is 10.0. The number of aromatic nitrogens is 4. The van der Waals surface area contributed by atoms with Crippen molar-refractivity contribution >= 4 is 11.3 Å². The molecule has 3 aromatic rings. The molecule has 1 aromatic carbocycles. The van der Waals surface area contributed by atoms with Crippen LogP contribution >= 0.6 is 11.3 Å². The molecule has 0 atom stereocenters. The minimum atomic E-state index is 0.356. The maximum Gasteiger partial charge on any atom is 0.212 e. The lowest BCUT2D eigenvalue weighted by Gasteiger charge is -2.08. The van der Waals surface area contributed by atoms with E-state index >= 15 is 0 Å². The second kappa shape index (κ2) is 4.91. The van der Waals surface area contributed by atoms with Crippen molar-refractivity contribution in [3.05, 3.63) is 47.1 Å². The SMILES string of the molecule is Cc1ccccc1-c1c(CN)nnn1-c1nccs1. The van der Waals surface area contributed by atoms with Crippen LogP contribution in [0.5, 0.6) is 0 Å². The van der Waals surface area contributed by atoms with Gasteiger partial charge in [-0.1, -0.05) is 29.5 Å². The second-order valence-electron chi connectivity index (χ2n) is 4.13. The summed E-state index contributed by atoms with van der Waals surface area (Å²) >= 11 is 1.52. The predicted molar refractivity (Wildman–Crippen MR) is 75.1 cm³/mol. The molecule has 96 valence electrons. The monoisotopic (exact) mass is 271 g/mol. The third kappa shape index (κ3) is 2.05.